The summed E-state index contributed by atoms with van der Waals surface area (Å²) in [5, 5.41) is 8.79. The van der Waals surface area contributed by atoms with Gasteiger partial charge in [0.05, 0.1) is 17.0 Å². The smallest absolute Gasteiger partial charge is 0.232 e. The van der Waals surface area contributed by atoms with Crippen LogP contribution < -0.4 is 4.72 Å². The third-order valence-corrected chi connectivity index (χ3v) is 3.23. The minimum absolute atomic E-state index is 0.00812. The first-order valence-corrected chi connectivity index (χ1v) is 6.15. The van der Waals surface area contributed by atoms with Crippen molar-refractivity contribution < 1.29 is 8.42 Å². The van der Waals surface area contributed by atoms with Crippen molar-refractivity contribution in [3.8, 4) is 6.07 Å². The van der Waals surface area contributed by atoms with E-state index in [-0.39, 0.29) is 5.75 Å². The van der Waals surface area contributed by atoms with Gasteiger partial charge in [-0.1, -0.05) is 6.07 Å². The van der Waals surface area contributed by atoms with Crippen LogP contribution in [0, 0.1) is 18.3 Å². The highest BCUT2D eigenvalue weighted by molar-refractivity contribution is 7.92. The van der Waals surface area contributed by atoms with Crippen LogP contribution >= 0.6 is 0 Å². The van der Waals surface area contributed by atoms with Crippen LogP contribution in [0.15, 0.2) is 18.2 Å². The zero-order valence-electron chi connectivity index (χ0n) is 8.61. The molecule has 0 aliphatic carbocycles. The average molecular weight is 224 g/mol. The molecule has 0 amide bonds. The van der Waals surface area contributed by atoms with Gasteiger partial charge in [0.15, 0.2) is 0 Å². The van der Waals surface area contributed by atoms with E-state index in [1.54, 1.807) is 25.1 Å². The summed E-state index contributed by atoms with van der Waals surface area (Å²) in [6.07, 6.45) is 0. The number of sulfonamides is 1. The highest BCUT2D eigenvalue weighted by Gasteiger charge is 2.10. The van der Waals surface area contributed by atoms with Gasteiger partial charge in [0, 0.05) is 0 Å². The quantitative estimate of drug-likeness (QED) is 0.848. The molecule has 15 heavy (non-hydrogen) atoms. The maximum absolute atomic E-state index is 11.3. The fraction of sp³-hybridized carbons (Fsp3) is 0.300. The van der Waals surface area contributed by atoms with Crippen molar-refractivity contribution >= 4 is 15.7 Å². The highest BCUT2D eigenvalue weighted by Crippen LogP contribution is 2.17. The number of hydrogen-bond acceptors (Lipinski definition) is 3. The second kappa shape index (κ2) is 4.32. The standard InChI is InChI=1S/C10H12N2O2S/c1-3-15(13,14)12-10-6-8(2)4-5-9(10)7-11/h4-6,12H,3H2,1-2H3. The average Bonchev–Trinajstić information content (AvgIpc) is 2.18. The molecular weight excluding hydrogens is 212 g/mol. The van der Waals surface area contributed by atoms with Crippen LogP contribution in [-0.4, -0.2) is 14.2 Å². The first-order chi connectivity index (χ1) is 6.98. The molecule has 0 fully saturated rings. The van der Waals surface area contributed by atoms with Crippen molar-refractivity contribution in [1.82, 2.24) is 0 Å². The van der Waals surface area contributed by atoms with Crippen LogP contribution in [0.25, 0.3) is 0 Å². The van der Waals surface area contributed by atoms with Gasteiger partial charge in [-0.3, -0.25) is 4.72 Å². The Morgan fingerprint density at radius 1 is 1.47 bits per heavy atom. The number of rotatable bonds is 3. The Balaban J connectivity index is 3.15. The third kappa shape index (κ3) is 2.96. The lowest BCUT2D eigenvalue weighted by Crippen LogP contribution is -2.15. The molecule has 1 rings (SSSR count). The van der Waals surface area contributed by atoms with Crippen LogP contribution in [0.1, 0.15) is 18.1 Å². The molecule has 0 spiro atoms. The number of nitrogens with one attached hydrogen (secondary N) is 1. The van der Waals surface area contributed by atoms with E-state index >= 15 is 0 Å². The number of benzene rings is 1. The maximum Gasteiger partial charge on any atom is 0.232 e. The SMILES string of the molecule is CCS(=O)(=O)Nc1cc(C)ccc1C#N. The number of nitrogens with zero attached hydrogens (tertiary/aromatic N) is 1. The first kappa shape index (κ1) is 11.5. The second-order valence-corrected chi connectivity index (χ2v) is 5.18. The van der Waals surface area contributed by atoms with Crippen LogP contribution in [0.3, 0.4) is 0 Å². The van der Waals surface area contributed by atoms with E-state index in [1.165, 1.54) is 0 Å². The van der Waals surface area contributed by atoms with Crippen LogP contribution in [0.2, 0.25) is 0 Å². The largest absolute Gasteiger partial charge is 0.282 e. The molecule has 0 saturated carbocycles. The molecule has 0 bridgehead atoms. The zero-order chi connectivity index (χ0) is 11.5. The van der Waals surface area contributed by atoms with Crippen molar-refractivity contribution in [2.75, 3.05) is 10.5 Å². The molecule has 1 aromatic carbocycles. The minimum atomic E-state index is -3.32. The van der Waals surface area contributed by atoms with Crippen LogP contribution in [0.5, 0.6) is 0 Å². The summed E-state index contributed by atoms with van der Waals surface area (Å²) in [6, 6.07) is 6.95. The van der Waals surface area contributed by atoms with Crippen molar-refractivity contribution in [2.24, 2.45) is 0 Å². The van der Waals surface area contributed by atoms with Gasteiger partial charge < -0.3 is 0 Å². The maximum atomic E-state index is 11.3. The van der Waals surface area contributed by atoms with E-state index in [9.17, 15) is 8.42 Å². The summed E-state index contributed by atoms with van der Waals surface area (Å²) in [5.41, 5.74) is 1.58. The molecule has 4 nitrogen and oxygen atoms in total. The molecule has 1 N–H and O–H groups in total. The highest BCUT2D eigenvalue weighted by atomic mass is 32.2. The Kier molecular flexibility index (Phi) is 3.32. The summed E-state index contributed by atoms with van der Waals surface area (Å²) < 4.78 is 25.0. The van der Waals surface area contributed by atoms with E-state index in [4.69, 9.17) is 5.26 Å². The van der Waals surface area contributed by atoms with Gasteiger partial charge in [0.25, 0.3) is 0 Å². The first-order valence-electron chi connectivity index (χ1n) is 4.49. The molecule has 0 saturated heterocycles. The molecule has 80 valence electrons. The molecule has 0 radical (unpaired) electrons. The molecule has 0 heterocycles. The van der Waals surface area contributed by atoms with Gasteiger partial charge in [0.2, 0.25) is 10.0 Å². The molecule has 5 heteroatoms. The van der Waals surface area contributed by atoms with E-state index in [1.807, 2.05) is 13.0 Å². The van der Waals surface area contributed by atoms with Crippen molar-refractivity contribution in [1.29, 1.82) is 5.26 Å². The number of hydrogen-bond donors (Lipinski definition) is 1. The molecular formula is C10H12N2O2S. The normalized spacial score (nSPS) is 10.7. The molecule has 0 unspecified atom stereocenters. The molecule has 0 aliphatic heterocycles. The fourth-order valence-corrected chi connectivity index (χ4v) is 1.73. The lowest BCUT2D eigenvalue weighted by molar-refractivity contribution is 0.602. The molecule has 0 atom stereocenters. The fourth-order valence-electron chi connectivity index (χ4n) is 1.08. The lowest BCUT2D eigenvalue weighted by atomic mass is 10.1. The van der Waals surface area contributed by atoms with Crippen molar-refractivity contribution in [2.45, 2.75) is 13.8 Å². The summed E-state index contributed by atoms with van der Waals surface area (Å²) in [6.45, 7) is 3.38. The predicted molar refractivity (Wildman–Crippen MR) is 59.0 cm³/mol. The van der Waals surface area contributed by atoms with Crippen molar-refractivity contribution in [3.05, 3.63) is 29.3 Å². The molecule has 0 aromatic heterocycles. The summed E-state index contributed by atoms with van der Waals surface area (Å²) >= 11 is 0. The zero-order valence-corrected chi connectivity index (χ0v) is 9.43. The van der Waals surface area contributed by atoms with Crippen LogP contribution in [0.4, 0.5) is 5.69 Å². The minimum Gasteiger partial charge on any atom is -0.282 e. The topological polar surface area (TPSA) is 70.0 Å². The summed E-state index contributed by atoms with van der Waals surface area (Å²) in [4.78, 5) is 0. The van der Waals surface area contributed by atoms with E-state index in [0.29, 0.717) is 11.3 Å². The van der Waals surface area contributed by atoms with Gasteiger partial charge in [0.1, 0.15) is 6.07 Å². The predicted octanol–water partition coefficient (Wildman–Crippen LogP) is 1.63. The van der Waals surface area contributed by atoms with Gasteiger partial charge in [-0.15, -0.1) is 0 Å². The Hall–Kier alpha value is -1.54. The van der Waals surface area contributed by atoms with Gasteiger partial charge >= 0.3 is 0 Å². The number of anilines is 1. The van der Waals surface area contributed by atoms with E-state index in [0.717, 1.165) is 5.56 Å². The van der Waals surface area contributed by atoms with Gasteiger partial charge in [-0.2, -0.15) is 5.26 Å². The van der Waals surface area contributed by atoms with Gasteiger partial charge in [-0.05, 0) is 31.5 Å². The Labute approximate surface area is 89.6 Å². The number of nitriles is 1. The Morgan fingerprint density at radius 2 is 2.13 bits per heavy atom. The Bertz CT molecular complexity index is 501. The summed E-state index contributed by atoms with van der Waals surface area (Å²) in [7, 11) is -3.32. The molecule has 0 aliphatic rings. The monoisotopic (exact) mass is 224 g/mol. The van der Waals surface area contributed by atoms with Crippen LogP contribution in [-0.2, 0) is 10.0 Å². The van der Waals surface area contributed by atoms with E-state index in [2.05, 4.69) is 4.72 Å². The van der Waals surface area contributed by atoms with Crippen molar-refractivity contribution in [3.63, 3.8) is 0 Å². The van der Waals surface area contributed by atoms with Gasteiger partial charge in [-0.25, -0.2) is 8.42 Å². The third-order valence-electron chi connectivity index (χ3n) is 1.94. The van der Waals surface area contributed by atoms with E-state index < -0.39 is 10.0 Å². The second-order valence-electron chi connectivity index (χ2n) is 3.17. The molecule has 1 aromatic rings. The Morgan fingerprint density at radius 3 is 2.67 bits per heavy atom. The summed E-state index contributed by atoms with van der Waals surface area (Å²) in [5.74, 6) is -0.00812. The number of aryl methyl sites for hydroxylation is 1. The lowest BCUT2D eigenvalue weighted by Gasteiger charge is -2.08.